The molecule has 1 saturated heterocycles. The van der Waals surface area contributed by atoms with Crippen LogP contribution in [0.3, 0.4) is 0 Å². The van der Waals surface area contributed by atoms with Crippen molar-refractivity contribution in [3.05, 3.63) is 18.2 Å². The number of esters is 1. The number of piperazine rings is 1. The van der Waals surface area contributed by atoms with Crippen LogP contribution < -0.4 is 15.4 Å². The second kappa shape index (κ2) is 7.08. The predicted octanol–water partition coefficient (Wildman–Crippen LogP) is 2.77. The summed E-state index contributed by atoms with van der Waals surface area (Å²) in [5.74, 6) is 2.84. The standard InChI is InChI=1S/C23H33N3O3/c1-28-20-11-18(3-4-19(20)24)25-5-7-26(8-6-25)21-16-9-15-10-17(21)14-23(12-15,13-16)22(27)29-2/h3-4,11,15-17,21H,5-10,12-14,24H2,1-2H3/t15?,16?,17?,21-,23-. The molecule has 1 aromatic carbocycles. The molecule has 5 fully saturated rings. The molecule has 6 rings (SSSR count). The Morgan fingerprint density at radius 3 is 2.38 bits per heavy atom. The van der Waals surface area contributed by atoms with Gasteiger partial charge in [0.2, 0.25) is 0 Å². The highest BCUT2D eigenvalue weighted by atomic mass is 16.5. The Kier molecular flexibility index (Phi) is 4.65. The minimum atomic E-state index is -0.176. The molecule has 1 heterocycles. The van der Waals surface area contributed by atoms with E-state index in [-0.39, 0.29) is 11.4 Å². The minimum Gasteiger partial charge on any atom is -0.495 e. The van der Waals surface area contributed by atoms with Crippen LogP contribution in [0, 0.1) is 23.2 Å². The maximum absolute atomic E-state index is 12.6. The van der Waals surface area contributed by atoms with Gasteiger partial charge in [0.1, 0.15) is 5.75 Å². The summed E-state index contributed by atoms with van der Waals surface area (Å²) in [5.41, 5.74) is 7.67. The molecule has 4 aliphatic carbocycles. The summed E-state index contributed by atoms with van der Waals surface area (Å²) >= 11 is 0. The van der Waals surface area contributed by atoms with E-state index in [1.165, 1.54) is 18.5 Å². The summed E-state index contributed by atoms with van der Waals surface area (Å²) in [6.07, 6.45) is 5.73. The molecule has 2 N–H and O–H groups in total. The number of nitrogens with two attached hydrogens (primary N) is 1. The summed E-state index contributed by atoms with van der Waals surface area (Å²) in [6.45, 7) is 4.21. The van der Waals surface area contributed by atoms with E-state index in [1.54, 1.807) is 14.2 Å². The van der Waals surface area contributed by atoms with E-state index in [4.69, 9.17) is 15.2 Å². The van der Waals surface area contributed by atoms with Gasteiger partial charge in [-0.05, 0) is 62.0 Å². The number of hydrogen-bond acceptors (Lipinski definition) is 6. The first-order valence-electron chi connectivity index (χ1n) is 11.0. The molecule has 1 aliphatic heterocycles. The lowest BCUT2D eigenvalue weighted by Crippen LogP contribution is -2.63. The molecule has 2 unspecified atom stereocenters. The molecular weight excluding hydrogens is 366 g/mol. The molecule has 2 atom stereocenters. The smallest absolute Gasteiger partial charge is 0.311 e. The Morgan fingerprint density at radius 1 is 1.07 bits per heavy atom. The average Bonchev–Trinajstić information content (AvgIpc) is 2.73. The number of ether oxygens (including phenoxy) is 2. The van der Waals surface area contributed by atoms with Gasteiger partial charge in [-0.25, -0.2) is 0 Å². The fourth-order valence-corrected chi connectivity index (χ4v) is 7.24. The van der Waals surface area contributed by atoms with Crippen molar-refractivity contribution in [2.24, 2.45) is 23.2 Å². The van der Waals surface area contributed by atoms with E-state index in [2.05, 4.69) is 15.9 Å². The van der Waals surface area contributed by atoms with E-state index < -0.39 is 0 Å². The van der Waals surface area contributed by atoms with Crippen LogP contribution in [0.4, 0.5) is 11.4 Å². The van der Waals surface area contributed by atoms with E-state index in [9.17, 15) is 4.79 Å². The van der Waals surface area contributed by atoms with Crippen LogP contribution in [0.25, 0.3) is 0 Å². The van der Waals surface area contributed by atoms with Gasteiger partial charge in [-0.15, -0.1) is 0 Å². The zero-order valence-electron chi connectivity index (χ0n) is 17.6. The van der Waals surface area contributed by atoms with Gasteiger partial charge in [0.15, 0.2) is 0 Å². The molecule has 6 heteroatoms. The highest BCUT2D eigenvalue weighted by molar-refractivity contribution is 5.77. The van der Waals surface area contributed by atoms with Crippen molar-refractivity contribution >= 4 is 17.3 Å². The van der Waals surface area contributed by atoms with Crippen LogP contribution in [0.1, 0.15) is 32.1 Å². The summed E-state index contributed by atoms with van der Waals surface area (Å²) < 4.78 is 10.6. The van der Waals surface area contributed by atoms with Gasteiger partial charge in [-0.2, -0.15) is 0 Å². The van der Waals surface area contributed by atoms with Gasteiger partial charge in [-0.3, -0.25) is 9.69 Å². The maximum Gasteiger partial charge on any atom is 0.311 e. The fourth-order valence-electron chi connectivity index (χ4n) is 7.24. The zero-order valence-corrected chi connectivity index (χ0v) is 17.6. The number of nitrogens with zero attached hydrogens (tertiary/aromatic N) is 2. The van der Waals surface area contributed by atoms with Crippen molar-refractivity contribution in [1.29, 1.82) is 0 Å². The first-order chi connectivity index (χ1) is 14.0. The molecule has 1 aromatic rings. The van der Waals surface area contributed by atoms with Gasteiger partial charge in [0.05, 0.1) is 25.3 Å². The lowest BCUT2D eigenvalue weighted by molar-refractivity contribution is -0.176. The molecule has 0 aromatic heterocycles. The fraction of sp³-hybridized carbons (Fsp3) is 0.696. The number of anilines is 2. The van der Waals surface area contributed by atoms with Gasteiger partial charge < -0.3 is 20.1 Å². The first kappa shape index (κ1) is 19.0. The maximum atomic E-state index is 12.6. The van der Waals surface area contributed by atoms with Crippen LogP contribution >= 0.6 is 0 Å². The number of rotatable bonds is 4. The average molecular weight is 400 g/mol. The molecule has 29 heavy (non-hydrogen) atoms. The summed E-state index contributed by atoms with van der Waals surface area (Å²) in [4.78, 5) is 17.7. The lowest BCUT2D eigenvalue weighted by Gasteiger charge is -2.61. The Bertz CT molecular complexity index is 774. The van der Waals surface area contributed by atoms with Crippen molar-refractivity contribution in [2.75, 3.05) is 51.0 Å². The Morgan fingerprint density at radius 2 is 1.76 bits per heavy atom. The minimum absolute atomic E-state index is 0.0532. The quantitative estimate of drug-likeness (QED) is 0.620. The molecule has 6 nitrogen and oxygen atoms in total. The number of benzene rings is 1. The molecular formula is C23H33N3O3. The van der Waals surface area contributed by atoms with E-state index in [0.717, 1.165) is 57.1 Å². The van der Waals surface area contributed by atoms with Gasteiger partial charge >= 0.3 is 5.97 Å². The predicted molar refractivity (Wildman–Crippen MR) is 113 cm³/mol. The molecule has 4 saturated carbocycles. The second-order valence-corrected chi connectivity index (χ2v) is 9.68. The summed E-state index contributed by atoms with van der Waals surface area (Å²) in [6, 6.07) is 6.72. The van der Waals surface area contributed by atoms with Crippen LogP contribution in [0.5, 0.6) is 5.75 Å². The SMILES string of the molecule is COc1cc(N2CCN([C@H]3C4CC5CC3C[C@](C(=O)OC)(C5)C4)CC2)ccc1N. The number of carbonyl (C=O) groups excluding carboxylic acids is 1. The first-order valence-corrected chi connectivity index (χ1v) is 11.0. The number of carbonyl (C=O) groups is 1. The van der Waals surface area contributed by atoms with Crippen LogP contribution in [-0.2, 0) is 9.53 Å². The lowest BCUT2D eigenvalue weighted by atomic mass is 9.47. The normalized spacial score (nSPS) is 36.3. The third-order valence-corrected chi connectivity index (χ3v) is 8.16. The molecule has 5 aliphatic rings. The molecule has 158 valence electrons. The Hall–Kier alpha value is -1.95. The Labute approximate surface area is 173 Å². The van der Waals surface area contributed by atoms with Gasteiger partial charge in [0, 0.05) is 44.0 Å². The van der Waals surface area contributed by atoms with Gasteiger partial charge in [0.25, 0.3) is 0 Å². The summed E-state index contributed by atoms with van der Waals surface area (Å²) in [5, 5.41) is 0. The van der Waals surface area contributed by atoms with E-state index in [0.29, 0.717) is 23.6 Å². The molecule has 0 amide bonds. The Balaban J connectivity index is 1.27. The number of nitrogen functional groups attached to an aromatic ring is 1. The largest absolute Gasteiger partial charge is 0.495 e. The second-order valence-electron chi connectivity index (χ2n) is 9.68. The van der Waals surface area contributed by atoms with Crippen molar-refractivity contribution in [1.82, 2.24) is 4.90 Å². The van der Waals surface area contributed by atoms with E-state index in [1.807, 2.05) is 12.1 Å². The van der Waals surface area contributed by atoms with Crippen LogP contribution in [-0.4, -0.2) is 57.3 Å². The van der Waals surface area contributed by atoms with Crippen LogP contribution in [0.15, 0.2) is 18.2 Å². The van der Waals surface area contributed by atoms with Crippen molar-refractivity contribution < 1.29 is 14.3 Å². The third-order valence-electron chi connectivity index (χ3n) is 8.16. The summed E-state index contributed by atoms with van der Waals surface area (Å²) in [7, 11) is 3.23. The van der Waals surface area contributed by atoms with E-state index >= 15 is 0 Å². The monoisotopic (exact) mass is 399 g/mol. The number of methoxy groups -OCH3 is 2. The third kappa shape index (κ3) is 3.07. The molecule has 0 spiro atoms. The highest BCUT2D eigenvalue weighted by Gasteiger charge is 2.60. The van der Waals surface area contributed by atoms with Crippen molar-refractivity contribution in [3.8, 4) is 5.75 Å². The van der Waals surface area contributed by atoms with Crippen LogP contribution in [0.2, 0.25) is 0 Å². The molecule has 0 radical (unpaired) electrons. The highest BCUT2D eigenvalue weighted by Crippen LogP contribution is 2.61. The van der Waals surface area contributed by atoms with Crippen molar-refractivity contribution in [3.63, 3.8) is 0 Å². The van der Waals surface area contributed by atoms with Gasteiger partial charge in [-0.1, -0.05) is 0 Å². The topological polar surface area (TPSA) is 68.0 Å². The zero-order chi connectivity index (χ0) is 20.2. The van der Waals surface area contributed by atoms with Crippen molar-refractivity contribution in [2.45, 2.75) is 38.1 Å². The molecule has 4 bridgehead atoms. The number of hydrogen-bond donors (Lipinski definition) is 1.